The monoisotopic (exact) mass is 382 g/mol. The molecule has 0 bridgehead atoms. The smallest absolute Gasteiger partial charge is 0.245 e. The van der Waals surface area contributed by atoms with Crippen LogP contribution in [0.5, 0.6) is 5.75 Å². The van der Waals surface area contributed by atoms with E-state index in [0.29, 0.717) is 11.4 Å². The molecule has 2 rings (SSSR count). The summed E-state index contributed by atoms with van der Waals surface area (Å²) in [5.41, 5.74) is 0.524. The molecule has 0 radical (unpaired) electrons. The second-order valence-electron chi connectivity index (χ2n) is 5.14. The highest BCUT2D eigenvalue weighted by Crippen LogP contribution is 2.24. The van der Waals surface area contributed by atoms with Gasteiger partial charge in [-0.05, 0) is 24.3 Å². The molecule has 1 amide bonds. The number of methoxy groups -OCH3 is 1. The largest absolute Gasteiger partial charge is 0.497 e. The summed E-state index contributed by atoms with van der Waals surface area (Å²) in [5.74, 6) is 0.138. The minimum atomic E-state index is -3.87. The number of rotatable bonds is 7. The molecule has 0 unspecified atom stereocenters. The SMILES string of the molecule is CCN(CC(=O)Nc1cccc(OC)c1)S(=O)(=O)c1ccccc1Cl. The van der Waals surface area contributed by atoms with Crippen molar-refractivity contribution in [2.45, 2.75) is 11.8 Å². The van der Waals surface area contributed by atoms with Gasteiger partial charge in [-0.15, -0.1) is 0 Å². The molecule has 0 saturated carbocycles. The van der Waals surface area contributed by atoms with Crippen LogP contribution in [0.1, 0.15) is 6.92 Å². The number of halogens is 1. The summed E-state index contributed by atoms with van der Waals surface area (Å²) >= 11 is 5.99. The van der Waals surface area contributed by atoms with Gasteiger partial charge in [-0.25, -0.2) is 8.42 Å². The van der Waals surface area contributed by atoms with Crippen molar-refractivity contribution >= 4 is 33.2 Å². The molecule has 25 heavy (non-hydrogen) atoms. The van der Waals surface area contributed by atoms with Crippen LogP contribution < -0.4 is 10.1 Å². The molecule has 2 aromatic carbocycles. The second-order valence-corrected chi connectivity index (χ2v) is 7.46. The third-order valence-corrected chi connectivity index (χ3v) is 5.90. The summed E-state index contributed by atoms with van der Waals surface area (Å²) in [7, 11) is -2.34. The Morgan fingerprint density at radius 1 is 1.20 bits per heavy atom. The van der Waals surface area contributed by atoms with Crippen molar-refractivity contribution in [2.24, 2.45) is 0 Å². The Hall–Kier alpha value is -2.09. The lowest BCUT2D eigenvalue weighted by atomic mass is 10.3. The first-order valence-corrected chi connectivity index (χ1v) is 9.39. The number of hydrogen-bond acceptors (Lipinski definition) is 4. The normalized spacial score (nSPS) is 11.4. The van der Waals surface area contributed by atoms with Crippen LogP contribution in [0.3, 0.4) is 0 Å². The first-order chi connectivity index (χ1) is 11.9. The van der Waals surface area contributed by atoms with Gasteiger partial charge in [0.25, 0.3) is 0 Å². The zero-order valence-corrected chi connectivity index (χ0v) is 15.5. The van der Waals surface area contributed by atoms with Crippen molar-refractivity contribution in [2.75, 3.05) is 25.5 Å². The van der Waals surface area contributed by atoms with Gasteiger partial charge in [-0.1, -0.05) is 36.7 Å². The Kier molecular flexibility index (Phi) is 6.41. The molecular weight excluding hydrogens is 364 g/mol. The van der Waals surface area contributed by atoms with Gasteiger partial charge in [0.1, 0.15) is 10.6 Å². The Morgan fingerprint density at radius 3 is 2.56 bits per heavy atom. The zero-order valence-electron chi connectivity index (χ0n) is 13.9. The lowest BCUT2D eigenvalue weighted by Crippen LogP contribution is -2.38. The maximum Gasteiger partial charge on any atom is 0.245 e. The highest BCUT2D eigenvalue weighted by atomic mass is 35.5. The van der Waals surface area contributed by atoms with E-state index < -0.39 is 15.9 Å². The van der Waals surface area contributed by atoms with Crippen LogP contribution in [-0.4, -0.2) is 38.8 Å². The summed E-state index contributed by atoms with van der Waals surface area (Å²) < 4.78 is 31.6. The van der Waals surface area contributed by atoms with Crippen LogP contribution in [0, 0.1) is 0 Å². The van der Waals surface area contributed by atoms with Crippen LogP contribution in [0.25, 0.3) is 0 Å². The van der Waals surface area contributed by atoms with Gasteiger partial charge in [0, 0.05) is 18.3 Å². The first kappa shape index (κ1) is 19.2. The van der Waals surface area contributed by atoms with Gasteiger partial charge < -0.3 is 10.1 Å². The van der Waals surface area contributed by atoms with Crippen molar-refractivity contribution in [3.05, 3.63) is 53.6 Å². The molecule has 0 heterocycles. The van der Waals surface area contributed by atoms with Crippen molar-refractivity contribution in [3.8, 4) is 5.75 Å². The molecule has 0 atom stereocenters. The average Bonchev–Trinajstić information content (AvgIpc) is 2.59. The third-order valence-electron chi connectivity index (χ3n) is 3.48. The molecule has 6 nitrogen and oxygen atoms in total. The van der Waals surface area contributed by atoms with Crippen molar-refractivity contribution in [1.82, 2.24) is 4.31 Å². The first-order valence-electron chi connectivity index (χ1n) is 7.57. The summed E-state index contributed by atoms with van der Waals surface area (Å²) in [6.07, 6.45) is 0. The standard InChI is InChI=1S/C17H19ClN2O4S/c1-3-20(25(22,23)16-10-5-4-9-15(16)18)12-17(21)19-13-7-6-8-14(11-13)24-2/h4-11H,3,12H2,1-2H3,(H,19,21). The van der Waals surface area contributed by atoms with Gasteiger partial charge in [-0.2, -0.15) is 4.31 Å². The molecule has 0 aliphatic carbocycles. The molecule has 0 aliphatic rings. The number of nitrogens with one attached hydrogen (secondary N) is 1. The van der Waals surface area contributed by atoms with Gasteiger partial charge >= 0.3 is 0 Å². The number of nitrogens with zero attached hydrogens (tertiary/aromatic N) is 1. The minimum absolute atomic E-state index is 0.0207. The van der Waals surface area contributed by atoms with E-state index in [1.54, 1.807) is 43.3 Å². The van der Waals surface area contributed by atoms with E-state index in [2.05, 4.69) is 5.32 Å². The van der Waals surface area contributed by atoms with Crippen LogP contribution in [-0.2, 0) is 14.8 Å². The number of ether oxygens (including phenoxy) is 1. The molecule has 2 aromatic rings. The van der Waals surface area contributed by atoms with Crippen molar-refractivity contribution in [3.63, 3.8) is 0 Å². The van der Waals surface area contributed by atoms with Gasteiger partial charge in [0.15, 0.2) is 0 Å². The predicted molar refractivity (Wildman–Crippen MR) is 97.5 cm³/mol. The molecule has 0 saturated heterocycles. The van der Waals surface area contributed by atoms with E-state index in [1.165, 1.54) is 19.2 Å². The Bertz CT molecular complexity index is 855. The molecule has 0 spiro atoms. The number of benzene rings is 2. The molecule has 1 N–H and O–H groups in total. The van der Waals surface area contributed by atoms with E-state index in [-0.39, 0.29) is 23.0 Å². The average molecular weight is 383 g/mol. The summed E-state index contributed by atoms with van der Waals surface area (Å²) in [6.45, 7) is 1.48. The predicted octanol–water partition coefficient (Wildman–Crippen LogP) is 3.00. The Labute approximate surface area is 152 Å². The summed E-state index contributed by atoms with van der Waals surface area (Å²) in [5, 5.41) is 2.78. The molecule has 0 aromatic heterocycles. The number of sulfonamides is 1. The maximum absolute atomic E-state index is 12.7. The molecule has 0 aliphatic heterocycles. The minimum Gasteiger partial charge on any atom is -0.497 e. The van der Waals surface area contributed by atoms with Crippen LogP contribution in [0.4, 0.5) is 5.69 Å². The van der Waals surface area contributed by atoms with E-state index in [1.807, 2.05) is 0 Å². The fourth-order valence-corrected chi connectivity index (χ4v) is 4.12. The molecule has 134 valence electrons. The van der Waals surface area contributed by atoms with Crippen LogP contribution >= 0.6 is 11.6 Å². The fourth-order valence-electron chi connectivity index (χ4n) is 2.22. The molecular formula is C17H19ClN2O4S. The lowest BCUT2D eigenvalue weighted by molar-refractivity contribution is -0.116. The number of anilines is 1. The number of amides is 1. The topological polar surface area (TPSA) is 75.7 Å². The lowest BCUT2D eigenvalue weighted by Gasteiger charge is -2.20. The quantitative estimate of drug-likeness (QED) is 0.798. The van der Waals surface area contributed by atoms with Gasteiger partial charge in [0.2, 0.25) is 15.9 Å². The van der Waals surface area contributed by atoms with Crippen LogP contribution in [0.2, 0.25) is 5.02 Å². The van der Waals surface area contributed by atoms with E-state index in [9.17, 15) is 13.2 Å². The Balaban J connectivity index is 2.15. The van der Waals surface area contributed by atoms with Crippen molar-refractivity contribution < 1.29 is 17.9 Å². The number of hydrogen-bond donors (Lipinski definition) is 1. The molecule has 0 fully saturated rings. The fraction of sp³-hybridized carbons (Fsp3) is 0.235. The Morgan fingerprint density at radius 2 is 1.92 bits per heavy atom. The third kappa shape index (κ3) is 4.72. The highest BCUT2D eigenvalue weighted by Gasteiger charge is 2.27. The van der Waals surface area contributed by atoms with Gasteiger partial charge in [0.05, 0.1) is 18.7 Å². The van der Waals surface area contributed by atoms with E-state index >= 15 is 0 Å². The van der Waals surface area contributed by atoms with E-state index in [4.69, 9.17) is 16.3 Å². The highest BCUT2D eigenvalue weighted by molar-refractivity contribution is 7.89. The zero-order chi connectivity index (χ0) is 18.4. The summed E-state index contributed by atoms with van der Waals surface area (Å²) in [6, 6.07) is 13.0. The van der Waals surface area contributed by atoms with Crippen molar-refractivity contribution in [1.29, 1.82) is 0 Å². The van der Waals surface area contributed by atoms with Crippen LogP contribution in [0.15, 0.2) is 53.4 Å². The maximum atomic E-state index is 12.7. The van der Waals surface area contributed by atoms with E-state index in [0.717, 1.165) is 4.31 Å². The number of carbonyl (C=O) groups excluding carboxylic acids is 1. The molecule has 8 heteroatoms. The van der Waals surface area contributed by atoms with Gasteiger partial charge in [-0.3, -0.25) is 4.79 Å². The second kappa shape index (κ2) is 8.33. The summed E-state index contributed by atoms with van der Waals surface area (Å²) in [4.78, 5) is 12.2. The number of likely N-dealkylation sites (N-methyl/N-ethyl adjacent to an activating group) is 1. The number of carbonyl (C=O) groups is 1.